The highest BCUT2D eigenvalue weighted by Gasteiger charge is 2.27. The number of sulfonamides is 1. The first-order valence-electron chi connectivity index (χ1n) is 10.2. The predicted molar refractivity (Wildman–Crippen MR) is 114 cm³/mol. The summed E-state index contributed by atoms with van der Waals surface area (Å²) in [5, 5.41) is 2.98. The minimum absolute atomic E-state index is 0.0221. The maximum absolute atomic E-state index is 13.1. The van der Waals surface area contributed by atoms with E-state index < -0.39 is 21.9 Å². The Morgan fingerprint density at radius 3 is 2.33 bits per heavy atom. The van der Waals surface area contributed by atoms with Gasteiger partial charge in [-0.15, -0.1) is 0 Å². The van der Waals surface area contributed by atoms with Crippen molar-refractivity contribution >= 4 is 15.9 Å². The summed E-state index contributed by atoms with van der Waals surface area (Å²) >= 11 is 0. The lowest BCUT2D eigenvalue weighted by Gasteiger charge is -2.33. The van der Waals surface area contributed by atoms with Gasteiger partial charge in [-0.2, -0.15) is 4.72 Å². The van der Waals surface area contributed by atoms with Crippen molar-refractivity contribution in [1.82, 2.24) is 14.9 Å². The summed E-state index contributed by atoms with van der Waals surface area (Å²) in [5.74, 6) is -0.845. The lowest BCUT2D eigenvalue weighted by Crippen LogP contribution is -2.51. The standard InChI is InChI=1S/C22H28FN3O3S/c1-2-21(25-30(28,29)20-10-8-18(23)9-11-20)22(27)24-19-12-14-26(15-13-19)16-17-6-4-3-5-7-17/h3-11,19,21,25H,2,12-16H2,1H3,(H,24,27). The van der Waals surface area contributed by atoms with Gasteiger partial charge in [0.2, 0.25) is 15.9 Å². The van der Waals surface area contributed by atoms with E-state index in [1.54, 1.807) is 6.92 Å². The van der Waals surface area contributed by atoms with Gasteiger partial charge in [0.1, 0.15) is 11.9 Å². The molecule has 1 aliphatic heterocycles. The second-order valence-corrected chi connectivity index (χ2v) is 9.29. The van der Waals surface area contributed by atoms with E-state index in [2.05, 4.69) is 27.1 Å². The number of nitrogens with one attached hydrogen (secondary N) is 2. The molecule has 2 aromatic carbocycles. The minimum Gasteiger partial charge on any atom is -0.352 e. The predicted octanol–water partition coefficient (Wildman–Crippen LogP) is 2.66. The number of halogens is 1. The van der Waals surface area contributed by atoms with E-state index in [1.807, 2.05) is 18.2 Å². The summed E-state index contributed by atoms with van der Waals surface area (Å²) in [6.07, 6.45) is 1.96. The van der Waals surface area contributed by atoms with E-state index >= 15 is 0 Å². The largest absolute Gasteiger partial charge is 0.352 e. The molecule has 0 saturated carbocycles. The van der Waals surface area contributed by atoms with Crippen molar-refractivity contribution in [2.75, 3.05) is 13.1 Å². The van der Waals surface area contributed by atoms with Crippen LogP contribution in [0.4, 0.5) is 4.39 Å². The Bertz CT molecular complexity index is 928. The zero-order valence-corrected chi connectivity index (χ0v) is 17.9. The summed E-state index contributed by atoms with van der Waals surface area (Å²) in [5.41, 5.74) is 1.27. The van der Waals surface area contributed by atoms with Gasteiger partial charge < -0.3 is 5.32 Å². The zero-order chi connectivity index (χ0) is 21.6. The molecule has 3 rings (SSSR count). The average molecular weight is 434 g/mol. The Balaban J connectivity index is 1.51. The number of hydrogen-bond donors (Lipinski definition) is 2. The average Bonchev–Trinajstić information content (AvgIpc) is 2.74. The smallest absolute Gasteiger partial charge is 0.241 e. The van der Waals surface area contributed by atoms with Gasteiger partial charge in [-0.1, -0.05) is 37.3 Å². The van der Waals surface area contributed by atoms with Crippen LogP contribution in [0.25, 0.3) is 0 Å². The molecular weight excluding hydrogens is 405 g/mol. The molecule has 2 aromatic rings. The lowest BCUT2D eigenvalue weighted by atomic mass is 10.0. The van der Waals surface area contributed by atoms with E-state index in [1.165, 1.54) is 17.7 Å². The molecule has 1 aliphatic rings. The van der Waals surface area contributed by atoms with Crippen LogP contribution in [0.1, 0.15) is 31.7 Å². The first kappa shape index (κ1) is 22.4. The molecule has 162 valence electrons. The molecule has 1 saturated heterocycles. The summed E-state index contributed by atoms with van der Waals surface area (Å²) < 4.78 is 40.5. The highest BCUT2D eigenvalue weighted by molar-refractivity contribution is 7.89. The number of hydrogen-bond acceptors (Lipinski definition) is 4. The molecule has 1 unspecified atom stereocenters. The Morgan fingerprint density at radius 1 is 1.10 bits per heavy atom. The molecule has 6 nitrogen and oxygen atoms in total. The summed E-state index contributed by atoms with van der Waals surface area (Å²) in [7, 11) is -3.90. The highest BCUT2D eigenvalue weighted by Crippen LogP contribution is 2.15. The fourth-order valence-corrected chi connectivity index (χ4v) is 4.85. The Labute approximate surface area is 177 Å². The molecule has 0 radical (unpaired) electrons. The molecule has 0 aliphatic carbocycles. The molecule has 2 N–H and O–H groups in total. The fourth-order valence-electron chi connectivity index (χ4n) is 3.57. The third kappa shape index (κ3) is 6.10. The van der Waals surface area contributed by atoms with E-state index in [4.69, 9.17) is 0 Å². The lowest BCUT2D eigenvalue weighted by molar-refractivity contribution is -0.123. The number of piperidine rings is 1. The van der Waals surface area contributed by atoms with E-state index in [0.29, 0.717) is 6.42 Å². The molecule has 1 fully saturated rings. The van der Waals surface area contributed by atoms with Crippen LogP contribution in [0.15, 0.2) is 59.5 Å². The zero-order valence-electron chi connectivity index (χ0n) is 17.1. The molecule has 1 atom stereocenters. The molecule has 0 spiro atoms. The third-order valence-corrected chi connectivity index (χ3v) is 6.82. The first-order chi connectivity index (χ1) is 14.4. The second kappa shape index (κ2) is 10.1. The van der Waals surface area contributed by atoms with Crippen molar-refractivity contribution in [3.63, 3.8) is 0 Å². The van der Waals surface area contributed by atoms with Gasteiger partial charge in [0.05, 0.1) is 4.90 Å². The van der Waals surface area contributed by atoms with Crippen LogP contribution >= 0.6 is 0 Å². The molecule has 30 heavy (non-hydrogen) atoms. The van der Waals surface area contributed by atoms with Crippen molar-refractivity contribution in [2.24, 2.45) is 0 Å². The van der Waals surface area contributed by atoms with Gasteiger partial charge in [-0.05, 0) is 49.1 Å². The number of rotatable bonds is 8. The van der Waals surface area contributed by atoms with Crippen LogP contribution in [0.5, 0.6) is 0 Å². The van der Waals surface area contributed by atoms with Gasteiger partial charge in [0.25, 0.3) is 0 Å². The van der Waals surface area contributed by atoms with Crippen molar-refractivity contribution in [3.05, 3.63) is 66.0 Å². The maximum atomic E-state index is 13.1. The molecule has 0 bridgehead atoms. The van der Waals surface area contributed by atoms with Crippen molar-refractivity contribution in [1.29, 1.82) is 0 Å². The van der Waals surface area contributed by atoms with Crippen LogP contribution in [0, 0.1) is 5.82 Å². The topological polar surface area (TPSA) is 78.5 Å². The van der Waals surface area contributed by atoms with Crippen molar-refractivity contribution < 1.29 is 17.6 Å². The number of carbonyl (C=O) groups is 1. The van der Waals surface area contributed by atoms with Gasteiger partial charge >= 0.3 is 0 Å². The SMILES string of the molecule is CCC(NS(=O)(=O)c1ccc(F)cc1)C(=O)NC1CCN(Cc2ccccc2)CC1. The summed E-state index contributed by atoms with van der Waals surface area (Å²) in [6, 6.07) is 13.9. The maximum Gasteiger partial charge on any atom is 0.241 e. The van der Waals surface area contributed by atoms with E-state index in [0.717, 1.165) is 44.6 Å². The molecule has 1 amide bonds. The van der Waals surface area contributed by atoms with Gasteiger partial charge in [0, 0.05) is 25.7 Å². The normalized spacial score (nSPS) is 16.9. The Morgan fingerprint density at radius 2 is 1.73 bits per heavy atom. The molecule has 1 heterocycles. The highest BCUT2D eigenvalue weighted by atomic mass is 32.2. The molecular formula is C22H28FN3O3S. The van der Waals surface area contributed by atoms with Crippen LogP contribution in [0.3, 0.4) is 0 Å². The third-order valence-electron chi connectivity index (χ3n) is 5.33. The second-order valence-electron chi connectivity index (χ2n) is 7.58. The minimum atomic E-state index is -3.90. The monoisotopic (exact) mass is 433 g/mol. The Kier molecular flexibility index (Phi) is 7.58. The van der Waals surface area contributed by atoms with Crippen molar-refractivity contribution in [2.45, 2.75) is 49.7 Å². The van der Waals surface area contributed by atoms with Crippen LogP contribution in [-0.4, -0.2) is 44.4 Å². The number of amides is 1. The van der Waals surface area contributed by atoms with Gasteiger partial charge in [-0.25, -0.2) is 12.8 Å². The van der Waals surface area contributed by atoms with Crippen molar-refractivity contribution in [3.8, 4) is 0 Å². The van der Waals surface area contributed by atoms with Gasteiger partial charge in [-0.3, -0.25) is 9.69 Å². The van der Waals surface area contributed by atoms with E-state index in [-0.39, 0.29) is 16.8 Å². The number of nitrogens with zero attached hydrogens (tertiary/aromatic N) is 1. The number of benzene rings is 2. The number of likely N-dealkylation sites (tertiary alicyclic amines) is 1. The molecule has 8 heteroatoms. The van der Waals surface area contributed by atoms with Crippen LogP contribution in [0.2, 0.25) is 0 Å². The molecule has 0 aromatic heterocycles. The quantitative estimate of drug-likeness (QED) is 0.671. The van der Waals surface area contributed by atoms with E-state index in [9.17, 15) is 17.6 Å². The van der Waals surface area contributed by atoms with Gasteiger partial charge in [0.15, 0.2) is 0 Å². The number of carbonyl (C=O) groups excluding carboxylic acids is 1. The summed E-state index contributed by atoms with van der Waals surface area (Å²) in [4.78, 5) is 15.0. The van der Waals surface area contributed by atoms with Crippen LogP contribution in [-0.2, 0) is 21.4 Å². The fraction of sp³-hybridized carbons (Fsp3) is 0.409. The first-order valence-corrected chi connectivity index (χ1v) is 11.7. The summed E-state index contributed by atoms with van der Waals surface area (Å²) in [6.45, 7) is 4.38. The van der Waals surface area contributed by atoms with Crippen LogP contribution < -0.4 is 10.0 Å². The Hall–Kier alpha value is -2.29.